The van der Waals surface area contributed by atoms with Gasteiger partial charge in [0.2, 0.25) is 0 Å². The second-order valence-corrected chi connectivity index (χ2v) is 3.08. The van der Waals surface area contributed by atoms with Crippen molar-refractivity contribution < 1.29 is 0 Å². The Morgan fingerprint density at radius 3 is 2.75 bits per heavy atom. The van der Waals surface area contributed by atoms with Crippen LogP contribution in [-0.2, 0) is 0 Å². The Morgan fingerprint density at radius 2 is 2.25 bits per heavy atom. The van der Waals surface area contributed by atoms with Crippen LogP contribution >= 0.6 is 0 Å². The van der Waals surface area contributed by atoms with Crippen molar-refractivity contribution in [3.8, 4) is 0 Å². The first-order valence-corrected chi connectivity index (χ1v) is 4.82. The molecule has 0 aromatic carbocycles. The Morgan fingerprint density at radius 1 is 1.50 bits per heavy atom. The lowest BCUT2D eigenvalue weighted by Crippen LogP contribution is -1.93. The average Bonchev–Trinajstić information content (AvgIpc) is 2.10. The van der Waals surface area contributed by atoms with E-state index in [0.29, 0.717) is 5.92 Å². The highest BCUT2D eigenvalue weighted by atomic mass is 14.0. The summed E-state index contributed by atoms with van der Waals surface area (Å²) in [6.45, 7) is 7.90. The lowest BCUT2D eigenvalue weighted by molar-refractivity contribution is 0.561. The molecule has 0 saturated heterocycles. The summed E-state index contributed by atoms with van der Waals surface area (Å²) in [5, 5.41) is 0. The van der Waals surface area contributed by atoms with Crippen LogP contribution < -0.4 is 0 Å². The molecule has 1 atom stereocenters. The van der Waals surface area contributed by atoms with Gasteiger partial charge in [0.05, 0.1) is 0 Å². The molecule has 0 bridgehead atoms. The van der Waals surface area contributed by atoms with Gasteiger partial charge >= 0.3 is 0 Å². The first kappa shape index (κ1) is 11.3. The Hall–Kier alpha value is -0.740. The van der Waals surface area contributed by atoms with Gasteiger partial charge in [-0.3, -0.25) is 0 Å². The summed E-state index contributed by atoms with van der Waals surface area (Å²) >= 11 is 0. The van der Waals surface area contributed by atoms with E-state index in [9.17, 15) is 0 Å². The number of rotatable bonds is 6. The largest absolute Gasteiger partial charge is 0.133 e. The molecule has 0 heterocycles. The van der Waals surface area contributed by atoms with Gasteiger partial charge in [-0.15, -0.1) is 5.73 Å². The molecule has 12 heavy (non-hydrogen) atoms. The van der Waals surface area contributed by atoms with Crippen molar-refractivity contribution in [2.45, 2.75) is 39.5 Å². The van der Waals surface area contributed by atoms with Crippen LogP contribution in [0, 0.1) is 5.92 Å². The zero-order valence-corrected chi connectivity index (χ0v) is 8.34. The molecule has 0 aliphatic rings. The fourth-order valence-electron chi connectivity index (χ4n) is 1.21. The summed E-state index contributed by atoms with van der Waals surface area (Å²) in [7, 11) is 0. The maximum Gasteiger partial charge on any atom is -0.0123 e. The van der Waals surface area contributed by atoms with E-state index in [-0.39, 0.29) is 0 Å². The maximum absolute atomic E-state index is 3.61. The van der Waals surface area contributed by atoms with E-state index in [1.807, 2.05) is 0 Å². The molecule has 0 amide bonds. The van der Waals surface area contributed by atoms with Crippen molar-refractivity contribution in [3.05, 3.63) is 30.5 Å². The molecule has 1 unspecified atom stereocenters. The van der Waals surface area contributed by atoms with E-state index in [2.05, 4.69) is 44.4 Å². The fourth-order valence-corrected chi connectivity index (χ4v) is 1.21. The number of hydrogen-bond acceptors (Lipinski definition) is 0. The molecule has 0 spiro atoms. The van der Waals surface area contributed by atoms with Gasteiger partial charge < -0.3 is 0 Å². The molecule has 0 aliphatic carbocycles. The van der Waals surface area contributed by atoms with E-state index in [1.54, 1.807) is 0 Å². The van der Waals surface area contributed by atoms with Crippen LogP contribution in [0.15, 0.2) is 30.5 Å². The van der Waals surface area contributed by atoms with Gasteiger partial charge in [-0.2, -0.15) is 0 Å². The van der Waals surface area contributed by atoms with Crippen molar-refractivity contribution in [1.82, 2.24) is 0 Å². The first-order valence-electron chi connectivity index (χ1n) is 4.82. The number of hydrogen-bond donors (Lipinski definition) is 0. The molecule has 0 aromatic rings. The zero-order chi connectivity index (χ0) is 9.23. The predicted molar refractivity (Wildman–Crippen MR) is 56.2 cm³/mol. The van der Waals surface area contributed by atoms with Gasteiger partial charge in [0.15, 0.2) is 0 Å². The molecule has 0 fully saturated rings. The number of unbranched alkanes of at least 4 members (excludes halogenated alkanes) is 1. The highest BCUT2D eigenvalue weighted by Crippen LogP contribution is 2.14. The van der Waals surface area contributed by atoms with Gasteiger partial charge in [-0.05, 0) is 31.8 Å². The summed E-state index contributed by atoms with van der Waals surface area (Å²) < 4.78 is 0. The SMILES string of the molecule is C=C=CC(CC=CC)CCCC. The van der Waals surface area contributed by atoms with E-state index in [1.165, 1.54) is 19.3 Å². The molecule has 0 rings (SSSR count). The van der Waals surface area contributed by atoms with Crippen LogP contribution in [0.2, 0.25) is 0 Å². The Labute approximate surface area is 76.7 Å². The smallest absolute Gasteiger partial charge is 0.0123 e. The van der Waals surface area contributed by atoms with Crippen molar-refractivity contribution in [1.29, 1.82) is 0 Å². The quantitative estimate of drug-likeness (QED) is 0.409. The van der Waals surface area contributed by atoms with Crippen LogP contribution in [-0.4, -0.2) is 0 Å². The third-order valence-corrected chi connectivity index (χ3v) is 1.96. The van der Waals surface area contributed by atoms with Crippen LogP contribution in [0.5, 0.6) is 0 Å². The predicted octanol–water partition coefficient (Wildman–Crippen LogP) is 4.10. The lowest BCUT2D eigenvalue weighted by atomic mass is 9.98. The topological polar surface area (TPSA) is 0 Å². The van der Waals surface area contributed by atoms with Crippen LogP contribution in [0.4, 0.5) is 0 Å². The van der Waals surface area contributed by atoms with Gasteiger partial charge in [0.1, 0.15) is 0 Å². The lowest BCUT2D eigenvalue weighted by Gasteiger charge is -2.07. The second kappa shape index (κ2) is 8.36. The molecule has 0 nitrogen and oxygen atoms in total. The Balaban J connectivity index is 3.77. The normalized spacial score (nSPS) is 12.8. The van der Waals surface area contributed by atoms with Crippen LogP contribution in [0.25, 0.3) is 0 Å². The molecule has 0 N–H and O–H groups in total. The molecular weight excluding hydrogens is 144 g/mol. The molecular formula is C12H20. The van der Waals surface area contributed by atoms with Crippen molar-refractivity contribution in [2.75, 3.05) is 0 Å². The van der Waals surface area contributed by atoms with Gasteiger partial charge in [0, 0.05) is 0 Å². The Bertz CT molecular complexity index is 159. The summed E-state index contributed by atoms with van der Waals surface area (Å²) in [5.74, 6) is 0.652. The van der Waals surface area contributed by atoms with Gasteiger partial charge in [0.25, 0.3) is 0 Å². The van der Waals surface area contributed by atoms with E-state index >= 15 is 0 Å². The van der Waals surface area contributed by atoms with Crippen LogP contribution in [0.3, 0.4) is 0 Å². The third kappa shape index (κ3) is 6.00. The maximum atomic E-state index is 3.61. The monoisotopic (exact) mass is 164 g/mol. The summed E-state index contributed by atoms with van der Waals surface area (Å²) in [6, 6.07) is 0. The molecule has 0 heteroatoms. The summed E-state index contributed by atoms with van der Waals surface area (Å²) in [4.78, 5) is 0. The van der Waals surface area contributed by atoms with E-state index in [0.717, 1.165) is 6.42 Å². The van der Waals surface area contributed by atoms with Crippen molar-refractivity contribution in [3.63, 3.8) is 0 Å². The van der Waals surface area contributed by atoms with Gasteiger partial charge in [-0.25, -0.2) is 0 Å². The molecule has 68 valence electrons. The zero-order valence-electron chi connectivity index (χ0n) is 8.34. The minimum Gasteiger partial charge on any atom is -0.133 e. The number of allylic oxidation sites excluding steroid dienone is 3. The highest BCUT2D eigenvalue weighted by molar-refractivity contribution is 4.90. The summed E-state index contributed by atoms with van der Waals surface area (Å²) in [5.41, 5.74) is 2.88. The van der Waals surface area contributed by atoms with Crippen molar-refractivity contribution >= 4 is 0 Å². The minimum absolute atomic E-state index is 0.652. The second-order valence-electron chi connectivity index (χ2n) is 3.08. The fraction of sp³-hybridized carbons (Fsp3) is 0.583. The highest BCUT2D eigenvalue weighted by Gasteiger charge is 2.00. The minimum atomic E-state index is 0.652. The summed E-state index contributed by atoms with van der Waals surface area (Å²) in [6.07, 6.45) is 11.4. The standard InChI is InChI=1S/C12H20/c1-4-7-10-12(9-6-3)11-8-5-2/h4,7,9,12H,3,5,8,10-11H2,1-2H3. The Kier molecular flexibility index (Phi) is 7.84. The van der Waals surface area contributed by atoms with Gasteiger partial charge in [-0.1, -0.05) is 38.5 Å². The van der Waals surface area contributed by atoms with E-state index < -0.39 is 0 Å². The van der Waals surface area contributed by atoms with Crippen molar-refractivity contribution in [2.24, 2.45) is 5.92 Å². The molecule has 0 radical (unpaired) electrons. The third-order valence-electron chi connectivity index (χ3n) is 1.96. The molecule has 0 saturated carbocycles. The molecule has 0 aromatic heterocycles. The average molecular weight is 164 g/mol. The van der Waals surface area contributed by atoms with E-state index in [4.69, 9.17) is 0 Å². The first-order chi connectivity index (χ1) is 5.85. The van der Waals surface area contributed by atoms with Crippen LogP contribution in [0.1, 0.15) is 39.5 Å². The molecule has 0 aliphatic heterocycles.